The van der Waals surface area contributed by atoms with E-state index in [1.165, 1.54) is 0 Å². The van der Waals surface area contributed by atoms with E-state index in [9.17, 15) is 9.59 Å². The second kappa shape index (κ2) is 7.75. The van der Waals surface area contributed by atoms with Crippen molar-refractivity contribution in [3.05, 3.63) is 40.8 Å². The highest BCUT2D eigenvalue weighted by atomic mass is 35.5. The Balaban J connectivity index is 1.52. The van der Waals surface area contributed by atoms with Crippen LogP contribution < -0.4 is 10.6 Å². The molecule has 1 aromatic heterocycles. The molecule has 0 unspecified atom stereocenters. The van der Waals surface area contributed by atoms with Gasteiger partial charge in [-0.25, -0.2) is 19.6 Å². The Hall–Kier alpha value is -2.87. The number of anilines is 1. The van der Waals surface area contributed by atoms with E-state index in [-0.39, 0.29) is 11.3 Å². The molecule has 0 radical (unpaired) electrons. The van der Waals surface area contributed by atoms with Gasteiger partial charge in [-0.3, -0.25) is 4.90 Å². The lowest BCUT2D eigenvalue weighted by atomic mass is 10.1. The van der Waals surface area contributed by atoms with Crippen molar-refractivity contribution in [3.63, 3.8) is 0 Å². The first-order valence-corrected chi connectivity index (χ1v) is 10.3. The maximum absolute atomic E-state index is 12.5. The molecule has 0 spiro atoms. The van der Waals surface area contributed by atoms with Crippen molar-refractivity contribution < 1.29 is 14.3 Å². The number of ether oxygens (including phenoxy) is 1. The van der Waals surface area contributed by atoms with Gasteiger partial charge in [0, 0.05) is 22.9 Å². The Bertz CT molecular complexity index is 983. The SMILES string of the molecule is CC(C)(C)OC(=O)N1Cc2nc(Cl)nc(-c3ccc(NC(=O)NC4CC4)cc3)c2C1. The van der Waals surface area contributed by atoms with Gasteiger partial charge in [0.05, 0.1) is 24.5 Å². The average Bonchev–Trinajstić information content (AvgIpc) is 3.35. The number of carbonyl (C=O) groups is 2. The largest absolute Gasteiger partial charge is 0.444 e. The van der Waals surface area contributed by atoms with Gasteiger partial charge in [-0.2, -0.15) is 0 Å². The summed E-state index contributed by atoms with van der Waals surface area (Å²) in [6.45, 7) is 6.16. The van der Waals surface area contributed by atoms with Crippen LogP contribution in [0.2, 0.25) is 5.28 Å². The monoisotopic (exact) mass is 429 g/mol. The van der Waals surface area contributed by atoms with Crippen LogP contribution in [0.3, 0.4) is 0 Å². The predicted molar refractivity (Wildman–Crippen MR) is 113 cm³/mol. The van der Waals surface area contributed by atoms with Crippen LogP contribution in [-0.2, 0) is 17.8 Å². The average molecular weight is 430 g/mol. The summed E-state index contributed by atoms with van der Waals surface area (Å²) in [6, 6.07) is 7.44. The summed E-state index contributed by atoms with van der Waals surface area (Å²) in [4.78, 5) is 34.7. The van der Waals surface area contributed by atoms with E-state index in [1.807, 2.05) is 45.0 Å². The highest BCUT2D eigenvalue weighted by Crippen LogP contribution is 2.32. The van der Waals surface area contributed by atoms with Crippen molar-refractivity contribution in [3.8, 4) is 11.3 Å². The fraction of sp³-hybridized carbons (Fsp3) is 0.429. The van der Waals surface area contributed by atoms with Crippen LogP contribution in [0.15, 0.2) is 24.3 Å². The Morgan fingerprint density at radius 1 is 1.13 bits per heavy atom. The molecule has 158 valence electrons. The van der Waals surface area contributed by atoms with Crippen LogP contribution in [0.1, 0.15) is 44.9 Å². The zero-order chi connectivity index (χ0) is 21.5. The van der Waals surface area contributed by atoms with E-state index >= 15 is 0 Å². The van der Waals surface area contributed by atoms with Crippen LogP contribution in [0.4, 0.5) is 15.3 Å². The lowest BCUT2D eigenvalue weighted by Crippen LogP contribution is -2.33. The number of carbonyl (C=O) groups excluding carboxylic acids is 2. The number of halogens is 1. The zero-order valence-electron chi connectivity index (χ0n) is 17.2. The quantitative estimate of drug-likeness (QED) is 0.708. The number of nitrogens with zero attached hydrogens (tertiary/aromatic N) is 3. The first-order valence-electron chi connectivity index (χ1n) is 9.89. The Labute approximate surface area is 180 Å². The second-order valence-electron chi connectivity index (χ2n) is 8.55. The van der Waals surface area contributed by atoms with Gasteiger partial charge in [0.2, 0.25) is 5.28 Å². The summed E-state index contributed by atoms with van der Waals surface area (Å²) < 4.78 is 5.47. The van der Waals surface area contributed by atoms with Crippen molar-refractivity contribution in [2.45, 2.75) is 58.3 Å². The molecule has 1 aliphatic heterocycles. The number of rotatable bonds is 3. The smallest absolute Gasteiger partial charge is 0.410 e. The minimum Gasteiger partial charge on any atom is -0.444 e. The second-order valence-corrected chi connectivity index (χ2v) is 8.89. The molecule has 4 rings (SSSR count). The van der Waals surface area contributed by atoms with Gasteiger partial charge in [-0.05, 0) is 57.3 Å². The number of hydrogen-bond donors (Lipinski definition) is 2. The van der Waals surface area contributed by atoms with Crippen molar-refractivity contribution in [1.82, 2.24) is 20.2 Å². The van der Waals surface area contributed by atoms with Crippen LogP contribution in [0.25, 0.3) is 11.3 Å². The maximum atomic E-state index is 12.5. The third-order valence-electron chi connectivity index (χ3n) is 4.74. The van der Waals surface area contributed by atoms with E-state index in [0.717, 1.165) is 24.0 Å². The summed E-state index contributed by atoms with van der Waals surface area (Å²) >= 11 is 6.14. The zero-order valence-corrected chi connectivity index (χ0v) is 17.9. The van der Waals surface area contributed by atoms with Crippen molar-refractivity contribution in [2.24, 2.45) is 0 Å². The van der Waals surface area contributed by atoms with Crippen molar-refractivity contribution in [1.29, 1.82) is 0 Å². The summed E-state index contributed by atoms with van der Waals surface area (Å²) in [5.41, 5.74) is 3.16. The predicted octanol–water partition coefficient (Wildman–Crippen LogP) is 4.33. The molecular formula is C21H24ClN5O3. The minimum atomic E-state index is -0.577. The third kappa shape index (κ3) is 4.81. The molecule has 30 heavy (non-hydrogen) atoms. The summed E-state index contributed by atoms with van der Waals surface area (Å²) in [7, 11) is 0. The molecular weight excluding hydrogens is 406 g/mol. The standard InChI is InChI=1S/C21H24ClN5O3/c1-21(2,3)30-20(29)27-10-15-16(11-27)25-18(22)26-17(15)12-4-6-13(7-5-12)23-19(28)24-14-8-9-14/h4-7,14H,8-11H2,1-3H3,(H2,23,24,28). The van der Waals surface area contributed by atoms with Gasteiger partial charge in [0.25, 0.3) is 0 Å². The van der Waals surface area contributed by atoms with Crippen molar-refractivity contribution in [2.75, 3.05) is 5.32 Å². The molecule has 1 saturated carbocycles. The molecule has 1 aromatic carbocycles. The number of urea groups is 1. The number of hydrogen-bond acceptors (Lipinski definition) is 5. The molecule has 9 heteroatoms. The number of amides is 3. The van der Waals surface area contributed by atoms with Gasteiger partial charge >= 0.3 is 12.1 Å². The van der Waals surface area contributed by atoms with Crippen molar-refractivity contribution >= 4 is 29.4 Å². The van der Waals surface area contributed by atoms with E-state index in [0.29, 0.717) is 36.2 Å². The molecule has 2 heterocycles. The Morgan fingerprint density at radius 3 is 2.47 bits per heavy atom. The lowest BCUT2D eigenvalue weighted by Gasteiger charge is -2.24. The first kappa shape index (κ1) is 20.4. The summed E-state index contributed by atoms with van der Waals surface area (Å²) in [6.07, 6.45) is 1.67. The molecule has 8 nitrogen and oxygen atoms in total. The van der Waals surface area contributed by atoms with E-state index < -0.39 is 11.7 Å². The van der Waals surface area contributed by atoms with Gasteiger partial charge in [-0.1, -0.05) is 12.1 Å². The molecule has 0 saturated heterocycles. The van der Waals surface area contributed by atoms with Gasteiger partial charge in [-0.15, -0.1) is 0 Å². The summed E-state index contributed by atoms with van der Waals surface area (Å²) in [5.74, 6) is 0. The van der Waals surface area contributed by atoms with E-state index in [4.69, 9.17) is 16.3 Å². The molecule has 0 bridgehead atoms. The third-order valence-corrected chi connectivity index (χ3v) is 4.90. The molecule has 1 fully saturated rings. The minimum absolute atomic E-state index is 0.126. The van der Waals surface area contributed by atoms with Gasteiger partial charge in [0.15, 0.2) is 0 Å². The molecule has 2 aliphatic rings. The maximum Gasteiger partial charge on any atom is 0.410 e. The fourth-order valence-electron chi connectivity index (χ4n) is 3.21. The molecule has 3 amide bonds. The number of benzene rings is 1. The van der Waals surface area contributed by atoms with Crippen LogP contribution in [-0.4, -0.2) is 38.6 Å². The lowest BCUT2D eigenvalue weighted by molar-refractivity contribution is 0.0241. The highest BCUT2D eigenvalue weighted by molar-refractivity contribution is 6.28. The summed E-state index contributed by atoms with van der Waals surface area (Å²) in [5, 5.41) is 5.83. The molecule has 0 atom stereocenters. The van der Waals surface area contributed by atoms with Crippen LogP contribution in [0.5, 0.6) is 0 Å². The fourth-order valence-corrected chi connectivity index (χ4v) is 3.40. The number of nitrogens with one attached hydrogen (secondary N) is 2. The first-order chi connectivity index (χ1) is 14.2. The van der Waals surface area contributed by atoms with E-state index in [1.54, 1.807) is 4.90 Å². The Kier molecular flexibility index (Phi) is 5.27. The van der Waals surface area contributed by atoms with Crippen LogP contribution >= 0.6 is 11.6 Å². The van der Waals surface area contributed by atoms with Crippen LogP contribution in [0, 0.1) is 0 Å². The molecule has 1 aliphatic carbocycles. The topological polar surface area (TPSA) is 96.4 Å². The van der Waals surface area contributed by atoms with E-state index in [2.05, 4.69) is 20.6 Å². The van der Waals surface area contributed by atoms with Gasteiger partial charge < -0.3 is 15.4 Å². The molecule has 2 aromatic rings. The Morgan fingerprint density at radius 2 is 1.83 bits per heavy atom. The van der Waals surface area contributed by atoms with Gasteiger partial charge in [0.1, 0.15) is 5.60 Å². The number of aromatic nitrogens is 2. The molecule has 2 N–H and O–H groups in total. The normalized spacial score (nSPS) is 15.5. The highest BCUT2D eigenvalue weighted by Gasteiger charge is 2.31. The number of fused-ring (bicyclic) bond motifs is 1.